The zero-order valence-electron chi connectivity index (χ0n) is 14.5. The van der Waals surface area contributed by atoms with E-state index in [1.54, 1.807) is 13.8 Å². The summed E-state index contributed by atoms with van der Waals surface area (Å²) in [4.78, 5) is -0.553. The molecule has 0 aliphatic rings. The molecule has 2 rings (SSSR count). The Balaban J connectivity index is 2.13. The molecule has 1 unspecified atom stereocenters. The molecule has 0 saturated heterocycles. The van der Waals surface area contributed by atoms with Gasteiger partial charge in [-0.05, 0) is 38.1 Å². The summed E-state index contributed by atoms with van der Waals surface area (Å²) in [6.07, 6.45) is -5.56. The molecule has 0 aliphatic heterocycles. The second-order valence-electron chi connectivity index (χ2n) is 5.79. The lowest BCUT2D eigenvalue weighted by Crippen LogP contribution is -2.31. The van der Waals surface area contributed by atoms with Crippen molar-refractivity contribution in [3.8, 4) is 0 Å². The minimum atomic E-state index is -4.51. The average Bonchev–Trinajstić information content (AvgIpc) is 2.59. The van der Waals surface area contributed by atoms with Gasteiger partial charge in [0.1, 0.15) is 0 Å². The maximum Gasteiger partial charge on any atom is 0.297 e. The molecule has 1 atom stereocenters. The first kappa shape index (κ1) is 21.4. The van der Waals surface area contributed by atoms with Gasteiger partial charge in [0.2, 0.25) is 0 Å². The highest BCUT2D eigenvalue weighted by Crippen LogP contribution is 2.20. The predicted octanol–water partition coefficient (Wildman–Crippen LogP) is 3.05. The van der Waals surface area contributed by atoms with E-state index in [-0.39, 0.29) is 9.79 Å². The van der Waals surface area contributed by atoms with Crippen LogP contribution in [0.25, 0.3) is 0 Å². The standard InChI is InChI=1S/C17H18F2O6S2/c1-12-3-7-14(8-4-12)26(20,21)24-11-16(17(18)19)25-27(22,23)15-9-5-13(2)6-10-15/h3-10,16-17H,11H2,1-2H3. The first-order chi connectivity index (χ1) is 12.5. The quantitative estimate of drug-likeness (QED) is 0.610. The summed E-state index contributed by atoms with van der Waals surface area (Å²) in [6, 6.07) is 10.9. The lowest BCUT2D eigenvalue weighted by Gasteiger charge is -2.17. The molecule has 0 amide bonds. The lowest BCUT2D eigenvalue weighted by atomic mass is 10.2. The number of rotatable bonds is 8. The first-order valence-electron chi connectivity index (χ1n) is 7.75. The largest absolute Gasteiger partial charge is 0.297 e. The van der Waals surface area contributed by atoms with Crippen LogP contribution in [0.2, 0.25) is 0 Å². The van der Waals surface area contributed by atoms with Gasteiger partial charge in [-0.25, -0.2) is 8.78 Å². The Morgan fingerprint density at radius 2 is 1.19 bits per heavy atom. The van der Waals surface area contributed by atoms with E-state index in [9.17, 15) is 25.6 Å². The topological polar surface area (TPSA) is 86.7 Å². The van der Waals surface area contributed by atoms with Gasteiger partial charge < -0.3 is 0 Å². The number of alkyl halides is 2. The van der Waals surface area contributed by atoms with Crippen molar-refractivity contribution in [2.45, 2.75) is 36.2 Å². The van der Waals surface area contributed by atoms with Crippen molar-refractivity contribution in [3.63, 3.8) is 0 Å². The summed E-state index contributed by atoms with van der Waals surface area (Å²) in [7, 11) is -8.85. The van der Waals surface area contributed by atoms with Crippen molar-refractivity contribution in [2.75, 3.05) is 6.61 Å². The van der Waals surface area contributed by atoms with E-state index in [0.717, 1.165) is 11.1 Å². The van der Waals surface area contributed by atoms with Gasteiger partial charge in [0, 0.05) is 0 Å². The number of hydrogen-bond acceptors (Lipinski definition) is 6. The van der Waals surface area contributed by atoms with Crippen LogP contribution in [0.5, 0.6) is 0 Å². The van der Waals surface area contributed by atoms with Crippen molar-refractivity contribution >= 4 is 20.2 Å². The van der Waals surface area contributed by atoms with Gasteiger partial charge in [0.15, 0.2) is 6.10 Å². The van der Waals surface area contributed by atoms with Crippen LogP contribution in [0, 0.1) is 13.8 Å². The van der Waals surface area contributed by atoms with Crippen molar-refractivity contribution in [3.05, 3.63) is 59.7 Å². The number of benzene rings is 2. The van der Waals surface area contributed by atoms with Gasteiger partial charge in [0.05, 0.1) is 16.4 Å². The van der Waals surface area contributed by atoms with Crippen molar-refractivity contribution in [1.29, 1.82) is 0 Å². The monoisotopic (exact) mass is 420 g/mol. The maximum atomic E-state index is 13.2. The Labute approximate surface area is 157 Å². The molecule has 0 radical (unpaired) electrons. The molecule has 0 N–H and O–H groups in total. The Kier molecular flexibility index (Phi) is 6.68. The second-order valence-corrected chi connectivity index (χ2v) is 8.98. The molecular weight excluding hydrogens is 402 g/mol. The third-order valence-corrected chi connectivity index (χ3v) is 6.18. The van der Waals surface area contributed by atoms with Crippen molar-refractivity contribution in [1.82, 2.24) is 0 Å². The first-order valence-corrected chi connectivity index (χ1v) is 10.6. The molecule has 2 aromatic rings. The second kappa shape index (κ2) is 8.42. The summed E-state index contributed by atoms with van der Waals surface area (Å²) in [5.41, 5.74) is 1.57. The highest BCUT2D eigenvalue weighted by Gasteiger charge is 2.31. The molecule has 2 aromatic carbocycles. The predicted molar refractivity (Wildman–Crippen MR) is 93.6 cm³/mol. The summed E-state index contributed by atoms with van der Waals surface area (Å²) in [5, 5.41) is 0. The highest BCUT2D eigenvalue weighted by molar-refractivity contribution is 7.87. The van der Waals surface area contributed by atoms with Gasteiger partial charge in [-0.3, -0.25) is 8.37 Å². The van der Waals surface area contributed by atoms with E-state index in [2.05, 4.69) is 8.37 Å². The summed E-state index contributed by atoms with van der Waals surface area (Å²) in [6.45, 7) is 2.32. The molecule has 0 aromatic heterocycles. The molecule has 0 aliphatic carbocycles. The smallest absolute Gasteiger partial charge is 0.263 e. The van der Waals surface area contributed by atoms with Gasteiger partial charge in [-0.15, -0.1) is 0 Å². The van der Waals surface area contributed by atoms with Gasteiger partial charge in [-0.1, -0.05) is 35.4 Å². The highest BCUT2D eigenvalue weighted by atomic mass is 32.2. The third kappa shape index (κ3) is 5.80. The maximum absolute atomic E-state index is 13.2. The van der Waals surface area contributed by atoms with Crippen LogP contribution in [0.15, 0.2) is 58.3 Å². The van der Waals surface area contributed by atoms with Gasteiger partial charge in [-0.2, -0.15) is 16.8 Å². The van der Waals surface area contributed by atoms with Crippen molar-refractivity contribution in [2.24, 2.45) is 0 Å². The van der Waals surface area contributed by atoms with Crippen LogP contribution in [-0.4, -0.2) is 36.0 Å². The van der Waals surface area contributed by atoms with E-state index < -0.39 is 39.4 Å². The fourth-order valence-corrected chi connectivity index (χ4v) is 3.96. The molecule has 0 fully saturated rings. The van der Waals surface area contributed by atoms with Crippen LogP contribution in [0.4, 0.5) is 8.78 Å². The number of hydrogen-bond donors (Lipinski definition) is 0. The minimum Gasteiger partial charge on any atom is -0.263 e. The normalized spacial score (nSPS) is 13.7. The molecule has 10 heteroatoms. The van der Waals surface area contributed by atoms with Crippen LogP contribution in [0.3, 0.4) is 0 Å². The Morgan fingerprint density at radius 1 is 0.778 bits per heavy atom. The Morgan fingerprint density at radius 3 is 1.59 bits per heavy atom. The van der Waals surface area contributed by atoms with Gasteiger partial charge >= 0.3 is 0 Å². The third-order valence-electron chi connectivity index (χ3n) is 3.54. The minimum absolute atomic E-state index is 0.234. The molecule has 0 spiro atoms. The zero-order valence-corrected chi connectivity index (χ0v) is 16.1. The fraction of sp³-hybridized carbons (Fsp3) is 0.294. The lowest BCUT2D eigenvalue weighted by molar-refractivity contribution is -0.00833. The van der Waals surface area contributed by atoms with Crippen LogP contribution in [-0.2, 0) is 28.6 Å². The van der Waals surface area contributed by atoms with Crippen LogP contribution < -0.4 is 0 Å². The molecular formula is C17H18F2O6S2. The molecule has 6 nitrogen and oxygen atoms in total. The average molecular weight is 420 g/mol. The van der Waals surface area contributed by atoms with Gasteiger partial charge in [0.25, 0.3) is 26.7 Å². The van der Waals surface area contributed by atoms with E-state index in [0.29, 0.717) is 0 Å². The summed E-state index contributed by atoms with van der Waals surface area (Å²) >= 11 is 0. The van der Waals surface area contributed by atoms with Crippen molar-refractivity contribution < 1.29 is 34.0 Å². The Bertz CT molecular complexity index is 969. The van der Waals surface area contributed by atoms with Crippen LogP contribution in [0.1, 0.15) is 11.1 Å². The van der Waals surface area contributed by atoms with E-state index in [1.807, 2.05) is 0 Å². The zero-order chi connectivity index (χ0) is 20.2. The summed E-state index contributed by atoms with van der Waals surface area (Å²) < 4.78 is 83.8. The van der Waals surface area contributed by atoms with E-state index in [1.165, 1.54) is 48.5 Å². The fourth-order valence-electron chi connectivity index (χ4n) is 2.00. The van der Waals surface area contributed by atoms with E-state index in [4.69, 9.17) is 0 Å². The number of aryl methyl sites for hydroxylation is 2. The van der Waals surface area contributed by atoms with E-state index >= 15 is 0 Å². The molecule has 0 bridgehead atoms. The van der Waals surface area contributed by atoms with Crippen LogP contribution >= 0.6 is 0 Å². The Hall–Kier alpha value is -1.88. The SMILES string of the molecule is Cc1ccc(S(=O)(=O)OCC(OS(=O)(=O)c2ccc(C)cc2)C(F)F)cc1. The number of halogens is 2. The molecule has 0 heterocycles. The molecule has 148 valence electrons. The molecule has 27 heavy (non-hydrogen) atoms. The molecule has 0 saturated carbocycles. The summed E-state index contributed by atoms with van der Waals surface area (Å²) in [5.74, 6) is 0.